The molecule has 1 aliphatic rings. The maximum Gasteiger partial charge on any atom is 0.161 e. The molecule has 1 aliphatic heterocycles. The van der Waals surface area contributed by atoms with Gasteiger partial charge in [-0.25, -0.2) is 14.4 Å². The highest BCUT2D eigenvalue weighted by Gasteiger charge is 2.22. The third kappa shape index (κ3) is 4.62. The van der Waals surface area contributed by atoms with Gasteiger partial charge in [0.15, 0.2) is 5.82 Å². The van der Waals surface area contributed by atoms with Crippen LogP contribution in [0.1, 0.15) is 5.56 Å². The Morgan fingerprint density at radius 1 is 0.966 bits per heavy atom. The highest BCUT2D eigenvalue weighted by molar-refractivity contribution is 7.98. The summed E-state index contributed by atoms with van der Waals surface area (Å²) < 4.78 is 18.9. The normalized spacial score (nSPS) is 14.1. The standard InChI is InChI=1S/C22H23FN4OS/c1-28-20-8-3-2-7-19(20)26-11-13-27(14-12-26)21-22(25-10-9-24-21)29-16-17-5-4-6-18(23)15-17/h2-10,15H,11-14,16H2,1H3. The van der Waals surface area contributed by atoms with Gasteiger partial charge in [-0.2, -0.15) is 0 Å². The van der Waals surface area contributed by atoms with Crippen LogP contribution in [0.3, 0.4) is 0 Å². The molecule has 0 unspecified atom stereocenters. The summed E-state index contributed by atoms with van der Waals surface area (Å²) in [5, 5.41) is 0.877. The van der Waals surface area contributed by atoms with Crippen LogP contribution < -0.4 is 14.5 Å². The molecule has 7 heteroatoms. The molecule has 0 amide bonds. The molecule has 0 spiro atoms. The summed E-state index contributed by atoms with van der Waals surface area (Å²) in [4.78, 5) is 13.7. The van der Waals surface area contributed by atoms with Gasteiger partial charge in [-0.05, 0) is 29.8 Å². The summed E-state index contributed by atoms with van der Waals surface area (Å²) in [5.41, 5.74) is 2.06. The van der Waals surface area contributed by atoms with Gasteiger partial charge in [0.05, 0.1) is 12.8 Å². The van der Waals surface area contributed by atoms with E-state index in [1.807, 2.05) is 24.3 Å². The molecular formula is C22H23FN4OS. The fourth-order valence-corrected chi connectivity index (χ4v) is 4.39. The summed E-state index contributed by atoms with van der Waals surface area (Å²) in [5.74, 6) is 2.24. The van der Waals surface area contributed by atoms with Gasteiger partial charge in [0.2, 0.25) is 0 Å². The number of para-hydroxylation sites is 2. The van der Waals surface area contributed by atoms with Gasteiger partial charge in [-0.15, -0.1) is 0 Å². The number of aromatic nitrogens is 2. The molecule has 29 heavy (non-hydrogen) atoms. The summed E-state index contributed by atoms with van der Waals surface area (Å²) in [6.07, 6.45) is 3.44. The zero-order chi connectivity index (χ0) is 20.1. The number of hydrogen-bond donors (Lipinski definition) is 0. The summed E-state index contributed by atoms with van der Waals surface area (Å²) in [6.45, 7) is 3.46. The largest absolute Gasteiger partial charge is 0.495 e. The minimum absolute atomic E-state index is 0.213. The number of piperazine rings is 1. The maximum atomic E-state index is 13.4. The van der Waals surface area contributed by atoms with Crippen molar-refractivity contribution in [1.82, 2.24) is 9.97 Å². The average Bonchev–Trinajstić information content (AvgIpc) is 2.78. The van der Waals surface area contributed by atoms with Crippen molar-refractivity contribution >= 4 is 23.3 Å². The molecule has 0 aliphatic carbocycles. The average molecular weight is 411 g/mol. The quantitative estimate of drug-likeness (QED) is 0.566. The van der Waals surface area contributed by atoms with E-state index in [2.05, 4.69) is 25.8 Å². The van der Waals surface area contributed by atoms with Crippen LogP contribution in [-0.2, 0) is 5.75 Å². The topological polar surface area (TPSA) is 41.5 Å². The van der Waals surface area contributed by atoms with E-state index < -0.39 is 0 Å². The number of ether oxygens (including phenoxy) is 1. The first-order chi connectivity index (χ1) is 14.2. The molecule has 150 valence electrons. The lowest BCUT2D eigenvalue weighted by Crippen LogP contribution is -2.47. The Morgan fingerprint density at radius 2 is 1.72 bits per heavy atom. The number of thioether (sulfide) groups is 1. The van der Waals surface area contributed by atoms with E-state index in [1.54, 1.807) is 43.4 Å². The molecule has 0 radical (unpaired) electrons. The Labute approximate surface area is 174 Å². The van der Waals surface area contributed by atoms with Gasteiger partial charge in [0.25, 0.3) is 0 Å². The van der Waals surface area contributed by atoms with Crippen LogP contribution in [0, 0.1) is 5.82 Å². The molecule has 1 fully saturated rings. The number of hydrogen-bond acceptors (Lipinski definition) is 6. The van der Waals surface area contributed by atoms with Gasteiger partial charge in [0, 0.05) is 44.3 Å². The number of nitrogens with zero attached hydrogens (tertiary/aromatic N) is 4. The fraction of sp³-hybridized carbons (Fsp3) is 0.273. The molecule has 0 N–H and O–H groups in total. The van der Waals surface area contributed by atoms with E-state index in [4.69, 9.17) is 4.74 Å². The Bertz CT molecular complexity index is 963. The second-order valence-electron chi connectivity index (χ2n) is 6.75. The Hall–Kier alpha value is -2.80. The third-order valence-electron chi connectivity index (χ3n) is 4.92. The van der Waals surface area contributed by atoms with E-state index in [-0.39, 0.29) is 5.82 Å². The highest BCUT2D eigenvalue weighted by Crippen LogP contribution is 2.32. The summed E-state index contributed by atoms with van der Waals surface area (Å²) >= 11 is 1.59. The third-order valence-corrected chi connectivity index (χ3v) is 5.96. The smallest absolute Gasteiger partial charge is 0.161 e. The predicted molar refractivity (Wildman–Crippen MR) is 115 cm³/mol. The van der Waals surface area contributed by atoms with Crippen LogP contribution in [-0.4, -0.2) is 43.3 Å². The molecule has 1 aromatic heterocycles. The Kier molecular flexibility index (Phi) is 6.14. The zero-order valence-electron chi connectivity index (χ0n) is 16.3. The molecule has 0 atom stereocenters. The Balaban J connectivity index is 1.43. The molecular weight excluding hydrogens is 387 g/mol. The van der Waals surface area contributed by atoms with Gasteiger partial charge in [-0.3, -0.25) is 0 Å². The van der Waals surface area contributed by atoms with Crippen molar-refractivity contribution < 1.29 is 9.13 Å². The van der Waals surface area contributed by atoms with Crippen molar-refractivity contribution in [2.75, 3.05) is 43.1 Å². The minimum Gasteiger partial charge on any atom is -0.495 e. The molecule has 1 saturated heterocycles. The lowest BCUT2D eigenvalue weighted by Gasteiger charge is -2.37. The molecule has 4 rings (SSSR count). The molecule has 0 saturated carbocycles. The monoisotopic (exact) mass is 410 g/mol. The maximum absolute atomic E-state index is 13.4. The van der Waals surface area contributed by atoms with E-state index in [0.29, 0.717) is 5.75 Å². The van der Waals surface area contributed by atoms with Crippen LogP contribution in [0.25, 0.3) is 0 Å². The first-order valence-corrected chi connectivity index (χ1v) is 10.5. The van der Waals surface area contributed by atoms with Crippen LogP contribution in [0.2, 0.25) is 0 Å². The first-order valence-electron chi connectivity index (χ1n) is 9.56. The van der Waals surface area contributed by atoms with Gasteiger partial charge in [-0.1, -0.05) is 36.0 Å². The zero-order valence-corrected chi connectivity index (χ0v) is 17.1. The van der Waals surface area contributed by atoms with Crippen molar-refractivity contribution in [2.24, 2.45) is 0 Å². The number of methoxy groups -OCH3 is 1. The molecule has 2 aromatic carbocycles. The van der Waals surface area contributed by atoms with Gasteiger partial charge >= 0.3 is 0 Å². The van der Waals surface area contributed by atoms with E-state index in [1.165, 1.54) is 6.07 Å². The van der Waals surface area contributed by atoms with Gasteiger partial charge in [0.1, 0.15) is 16.6 Å². The van der Waals surface area contributed by atoms with Gasteiger partial charge < -0.3 is 14.5 Å². The second-order valence-corrected chi connectivity index (χ2v) is 7.71. The SMILES string of the molecule is COc1ccccc1N1CCN(c2nccnc2SCc2cccc(F)c2)CC1. The van der Waals surface area contributed by atoms with Crippen molar-refractivity contribution in [1.29, 1.82) is 0 Å². The molecule has 2 heterocycles. The number of halogens is 1. The lowest BCUT2D eigenvalue weighted by atomic mass is 10.2. The van der Waals surface area contributed by atoms with E-state index in [0.717, 1.165) is 54.0 Å². The number of rotatable bonds is 6. The predicted octanol–water partition coefficient (Wildman–Crippen LogP) is 4.24. The summed E-state index contributed by atoms with van der Waals surface area (Å²) in [7, 11) is 1.71. The molecule has 3 aromatic rings. The molecule has 0 bridgehead atoms. The fourth-order valence-electron chi connectivity index (χ4n) is 3.47. The highest BCUT2D eigenvalue weighted by atomic mass is 32.2. The van der Waals surface area contributed by atoms with Crippen molar-refractivity contribution in [3.05, 3.63) is 72.3 Å². The van der Waals surface area contributed by atoms with E-state index in [9.17, 15) is 4.39 Å². The summed E-state index contributed by atoms with van der Waals surface area (Å²) in [6, 6.07) is 14.8. The second kappa shape index (κ2) is 9.13. The van der Waals surface area contributed by atoms with Crippen molar-refractivity contribution in [3.8, 4) is 5.75 Å². The van der Waals surface area contributed by atoms with E-state index >= 15 is 0 Å². The van der Waals surface area contributed by atoms with Crippen LogP contribution in [0.4, 0.5) is 15.9 Å². The van der Waals surface area contributed by atoms with Crippen molar-refractivity contribution in [2.45, 2.75) is 10.8 Å². The van der Waals surface area contributed by atoms with Crippen LogP contribution in [0.15, 0.2) is 66.0 Å². The number of anilines is 2. The van der Waals surface area contributed by atoms with Crippen molar-refractivity contribution in [3.63, 3.8) is 0 Å². The minimum atomic E-state index is -0.213. The number of benzene rings is 2. The van der Waals surface area contributed by atoms with Crippen LogP contribution >= 0.6 is 11.8 Å². The molecule has 5 nitrogen and oxygen atoms in total. The first kappa shape index (κ1) is 19.5. The van der Waals surface area contributed by atoms with Crippen LogP contribution in [0.5, 0.6) is 5.75 Å². The lowest BCUT2D eigenvalue weighted by molar-refractivity contribution is 0.413. The Morgan fingerprint density at radius 3 is 2.52 bits per heavy atom.